The highest BCUT2D eigenvalue weighted by Crippen LogP contribution is 2.30. The molecule has 3 aromatic rings. The summed E-state index contributed by atoms with van der Waals surface area (Å²) in [5, 5.41) is 8.05. The van der Waals surface area contributed by atoms with Gasteiger partial charge in [0.2, 0.25) is 15.7 Å². The first-order valence-corrected chi connectivity index (χ1v) is 7.88. The van der Waals surface area contributed by atoms with Gasteiger partial charge in [-0.3, -0.25) is 0 Å². The number of rotatable bonds is 3. The monoisotopic (exact) mass is 307 g/mol. The summed E-state index contributed by atoms with van der Waals surface area (Å²) in [5.41, 5.74) is 0. The fourth-order valence-electron chi connectivity index (χ4n) is 1.65. The number of aromatic nitrogens is 3. The summed E-state index contributed by atoms with van der Waals surface area (Å²) in [5.74, 6) is 0.266. The maximum atomic E-state index is 12.4. The lowest BCUT2D eigenvalue weighted by atomic mass is 10.4. The third-order valence-corrected chi connectivity index (χ3v) is 5.81. The molecule has 3 heterocycles. The summed E-state index contributed by atoms with van der Waals surface area (Å²) in [6.45, 7) is 0. The van der Waals surface area contributed by atoms with Gasteiger partial charge in [0.25, 0.3) is 0 Å². The Morgan fingerprint density at radius 2 is 2.05 bits per heavy atom. The number of fused-ring (bicyclic) bond motifs is 1. The summed E-state index contributed by atoms with van der Waals surface area (Å²) < 4.78 is 29.9. The molecule has 0 aliphatic carbocycles. The second kappa shape index (κ2) is 4.80. The van der Waals surface area contributed by atoms with Crippen molar-refractivity contribution in [1.29, 1.82) is 0 Å². The largest absolute Gasteiger partial charge is 0.480 e. The van der Waals surface area contributed by atoms with Gasteiger partial charge in [-0.25, -0.2) is 13.4 Å². The van der Waals surface area contributed by atoms with Crippen LogP contribution in [-0.4, -0.2) is 30.7 Å². The molecule has 0 saturated carbocycles. The molecule has 0 aliphatic rings. The van der Waals surface area contributed by atoms with Crippen molar-refractivity contribution in [3.8, 4) is 5.88 Å². The summed E-state index contributed by atoms with van der Waals surface area (Å²) in [6.07, 6.45) is 1.63. The first kappa shape index (κ1) is 12.9. The van der Waals surface area contributed by atoms with E-state index in [1.54, 1.807) is 18.3 Å². The lowest BCUT2D eigenvalue weighted by molar-refractivity contribution is 0.389. The Labute approximate surface area is 119 Å². The number of nitrogens with zero attached hydrogens (tertiary/aromatic N) is 3. The first-order chi connectivity index (χ1) is 9.61. The van der Waals surface area contributed by atoms with Gasteiger partial charge in [-0.1, -0.05) is 6.07 Å². The van der Waals surface area contributed by atoms with Gasteiger partial charge >= 0.3 is 0 Å². The van der Waals surface area contributed by atoms with Crippen LogP contribution in [0.15, 0.2) is 45.8 Å². The highest BCUT2D eigenvalue weighted by Gasteiger charge is 2.23. The van der Waals surface area contributed by atoms with Gasteiger partial charge in [0.15, 0.2) is 5.03 Å². The third kappa shape index (κ3) is 2.12. The van der Waals surface area contributed by atoms with Crippen LogP contribution >= 0.6 is 11.3 Å². The molecule has 0 fully saturated rings. The van der Waals surface area contributed by atoms with Crippen molar-refractivity contribution in [2.75, 3.05) is 7.11 Å². The maximum absolute atomic E-state index is 12.4. The Morgan fingerprint density at radius 3 is 2.70 bits per heavy atom. The molecule has 0 unspecified atom stereocenters. The zero-order valence-electron chi connectivity index (χ0n) is 10.3. The molecule has 0 saturated heterocycles. The van der Waals surface area contributed by atoms with Crippen LogP contribution in [0.5, 0.6) is 5.88 Å². The van der Waals surface area contributed by atoms with Crippen molar-refractivity contribution >= 4 is 31.4 Å². The topological polar surface area (TPSA) is 82.0 Å². The number of sulfone groups is 1. The molecule has 0 aliphatic heterocycles. The summed E-state index contributed by atoms with van der Waals surface area (Å²) >= 11 is 1.11. The van der Waals surface area contributed by atoms with Gasteiger partial charge in [0, 0.05) is 17.6 Å². The molecule has 8 heteroatoms. The van der Waals surface area contributed by atoms with Crippen molar-refractivity contribution < 1.29 is 13.2 Å². The molecule has 6 nitrogen and oxygen atoms in total. The maximum Gasteiger partial charge on any atom is 0.235 e. The van der Waals surface area contributed by atoms with Crippen LogP contribution in [0.3, 0.4) is 0 Å². The fraction of sp³-hybridized carbons (Fsp3) is 0.0833. The number of hydrogen-bond donors (Lipinski definition) is 0. The van der Waals surface area contributed by atoms with E-state index in [4.69, 9.17) is 4.74 Å². The average molecular weight is 307 g/mol. The molecule has 0 N–H and O–H groups in total. The van der Waals surface area contributed by atoms with E-state index in [1.807, 2.05) is 6.07 Å². The molecule has 20 heavy (non-hydrogen) atoms. The number of pyridine rings is 1. The Morgan fingerprint density at radius 1 is 1.20 bits per heavy atom. The molecule has 3 aromatic heterocycles. The minimum atomic E-state index is -3.68. The van der Waals surface area contributed by atoms with E-state index < -0.39 is 9.84 Å². The Kier molecular flexibility index (Phi) is 3.11. The van der Waals surface area contributed by atoms with E-state index in [0.717, 1.165) is 16.7 Å². The van der Waals surface area contributed by atoms with Crippen molar-refractivity contribution in [3.05, 3.63) is 36.5 Å². The van der Waals surface area contributed by atoms with Crippen LogP contribution < -0.4 is 4.74 Å². The smallest absolute Gasteiger partial charge is 0.235 e. The van der Waals surface area contributed by atoms with Gasteiger partial charge in [0.1, 0.15) is 9.04 Å². The molecule has 0 amide bonds. The second-order valence-corrected chi connectivity index (χ2v) is 7.03. The van der Waals surface area contributed by atoms with Gasteiger partial charge in [-0.15, -0.1) is 21.5 Å². The lowest BCUT2D eigenvalue weighted by Crippen LogP contribution is -2.04. The zero-order chi connectivity index (χ0) is 14.2. The zero-order valence-corrected chi connectivity index (χ0v) is 12.0. The molecule has 0 bridgehead atoms. The minimum Gasteiger partial charge on any atom is -0.480 e. The highest BCUT2D eigenvalue weighted by molar-refractivity contribution is 7.93. The normalized spacial score (nSPS) is 11.7. The predicted molar refractivity (Wildman–Crippen MR) is 73.7 cm³/mol. The Hall–Kier alpha value is -2.06. The molecular weight excluding hydrogens is 298 g/mol. The quantitative estimate of drug-likeness (QED) is 0.735. The van der Waals surface area contributed by atoms with Crippen LogP contribution in [0.25, 0.3) is 10.2 Å². The summed E-state index contributed by atoms with van der Waals surface area (Å²) in [6, 6.07) is 8.01. The SMILES string of the molecule is COc1ccc(S(=O)(=O)c2cc3cccnc3s2)nn1. The van der Waals surface area contributed by atoms with Crippen molar-refractivity contribution in [3.63, 3.8) is 0 Å². The Balaban J connectivity index is 2.10. The van der Waals surface area contributed by atoms with Crippen molar-refractivity contribution in [2.24, 2.45) is 0 Å². The van der Waals surface area contributed by atoms with Crippen molar-refractivity contribution in [1.82, 2.24) is 15.2 Å². The second-order valence-electron chi connectivity index (χ2n) is 3.88. The van der Waals surface area contributed by atoms with Gasteiger partial charge in [0.05, 0.1) is 7.11 Å². The van der Waals surface area contributed by atoms with Crippen molar-refractivity contribution in [2.45, 2.75) is 9.24 Å². The minimum absolute atomic E-state index is 0.107. The Bertz CT molecular complexity index is 824. The highest BCUT2D eigenvalue weighted by atomic mass is 32.2. The molecule has 0 radical (unpaired) electrons. The van der Waals surface area contributed by atoms with Gasteiger partial charge in [-0.05, 0) is 18.2 Å². The fourth-order valence-corrected chi connectivity index (χ4v) is 4.20. The number of methoxy groups -OCH3 is 1. The average Bonchev–Trinajstić information content (AvgIpc) is 2.92. The van der Waals surface area contributed by atoms with E-state index >= 15 is 0 Å². The standard InChI is InChI=1S/C12H9N3O3S2/c1-18-9-4-5-10(15-14-9)20(16,17)11-7-8-3-2-6-13-12(8)19-11/h2-7H,1H3. The van der Waals surface area contributed by atoms with Crippen LogP contribution in [0.1, 0.15) is 0 Å². The molecule has 0 aromatic carbocycles. The molecule has 102 valence electrons. The summed E-state index contributed by atoms with van der Waals surface area (Å²) in [4.78, 5) is 4.81. The lowest BCUT2D eigenvalue weighted by Gasteiger charge is -2.00. The predicted octanol–water partition coefficient (Wildman–Crippen LogP) is 1.93. The number of thiophene rings is 1. The molecule has 0 atom stereocenters. The van der Waals surface area contributed by atoms with Gasteiger partial charge < -0.3 is 4.74 Å². The number of ether oxygens (including phenoxy) is 1. The van der Waals surface area contributed by atoms with E-state index in [9.17, 15) is 8.42 Å². The number of hydrogen-bond acceptors (Lipinski definition) is 7. The van der Waals surface area contributed by atoms with E-state index in [0.29, 0.717) is 4.83 Å². The van der Waals surface area contributed by atoms with Gasteiger partial charge in [-0.2, -0.15) is 0 Å². The van der Waals surface area contributed by atoms with Crippen LogP contribution in [0, 0.1) is 0 Å². The van der Waals surface area contributed by atoms with E-state index in [-0.39, 0.29) is 15.1 Å². The van der Waals surface area contributed by atoms with Crippen LogP contribution in [0.4, 0.5) is 0 Å². The van der Waals surface area contributed by atoms with E-state index in [1.165, 1.54) is 19.2 Å². The summed E-state index contributed by atoms with van der Waals surface area (Å²) in [7, 11) is -2.24. The first-order valence-electron chi connectivity index (χ1n) is 5.58. The molecule has 0 spiro atoms. The molecular formula is C12H9N3O3S2. The molecule has 3 rings (SSSR count). The van der Waals surface area contributed by atoms with Crippen LogP contribution in [-0.2, 0) is 9.84 Å². The third-order valence-electron chi connectivity index (χ3n) is 2.64. The van der Waals surface area contributed by atoms with E-state index in [2.05, 4.69) is 15.2 Å². The van der Waals surface area contributed by atoms with Crippen LogP contribution in [0.2, 0.25) is 0 Å².